The Hall–Kier alpha value is -2.11. The molecule has 0 saturated carbocycles. The van der Waals surface area contributed by atoms with Gasteiger partial charge < -0.3 is 10.2 Å². The number of nitrogens with zero attached hydrogens (tertiary/aromatic N) is 1. The van der Waals surface area contributed by atoms with Crippen molar-refractivity contribution in [1.82, 2.24) is 10.2 Å². The fourth-order valence-electron chi connectivity index (χ4n) is 2.72. The normalized spacial score (nSPS) is 11.8. The first-order valence-corrected chi connectivity index (χ1v) is 9.83. The monoisotopic (exact) mass is 424 g/mol. The van der Waals surface area contributed by atoms with E-state index in [1.54, 1.807) is 37.3 Å². The smallest absolute Gasteiger partial charge is 0.242 e. The lowest BCUT2D eigenvalue weighted by atomic mass is 10.1. The third-order valence-corrected chi connectivity index (χ3v) is 5.08. The number of hydrogen-bond donors (Lipinski definition) is 1. The fourth-order valence-corrected chi connectivity index (χ4v) is 3.25. The number of amides is 2. The van der Waals surface area contributed by atoms with Crippen LogP contribution in [0.5, 0.6) is 0 Å². The Labute approximate surface area is 174 Å². The van der Waals surface area contributed by atoms with E-state index in [2.05, 4.69) is 5.32 Å². The summed E-state index contributed by atoms with van der Waals surface area (Å²) in [4.78, 5) is 27.0. The lowest BCUT2D eigenvalue weighted by Gasteiger charge is -2.29. The second kappa shape index (κ2) is 10.4. The molecule has 0 aliphatic carbocycles. The topological polar surface area (TPSA) is 49.4 Å². The molecule has 0 aromatic heterocycles. The van der Waals surface area contributed by atoms with E-state index in [4.69, 9.17) is 23.2 Å². The van der Waals surface area contributed by atoms with Gasteiger partial charge in [-0.3, -0.25) is 9.59 Å². The summed E-state index contributed by atoms with van der Waals surface area (Å²) in [6.45, 7) is 4.31. The van der Waals surface area contributed by atoms with Crippen LogP contribution in [0.4, 0.5) is 4.39 Å². The number of rotatable bonds is 8. The summed E-state index contributed by atoms with van der Waals surface area (Å²) >= 11 is 12.4. The summed E-state index contributed by atoms with van der Waals surface area (Å²) in [6, 6.07) is 10.2. The van der Waals surface area contributed by atoms with Gasteiger partial charge in [0.25, 0.3) is 0 Å². The van der Waals surface area contributed by atoms with Gasteiger partial charge in [0.05, 0.1) is 6.42 Å². The van der Waals surface area contributed by atoms with Crippen LogP contribution < -0.4 is 5.32 Å². The van der Waals surface area contributed by atoms with Crippen LogP contribution in [-0.2, 0) is 22.6 Å². The molecule has 2 rings (SSSR count). The maximum absolute atomic E-state index is 13.2. The third kappa shape index (κ3) is 5.94. The molecule has 1 atom stereocenters. The van der Waals surface area contributed by atoms with Crippen LogP contribution in [0.2, 0.25) is 10.0 Å². The summed E-state index contributed by atoms with van der Waals surface area (Å²) in [5.41, 5.74) is 1.23. The largest absolute Gasteiger partial charge is 0.354 e. The highest BCUT2D eigenvalue weighted by Gasteiger charge is 2.27. The van der Waals surface area contributed by atoms with Gasteiger partial charge in [0, 0.05) is 23.1 Å². The summed E-state index contributed by atoms with van der Waals surface area (Å²) < 4.78 is 13.2. The van der Waals surface area contributed by atoms with Crippen LogP contribution >= 0.6 is 23.2 Å². The maximum atomic E-state index is 13.2. The van der Waals surface area contributed by atoms with Crippen molar-refractivity contribution in [3.63, 3.8) is 0 Å². The van der Waals surface area contributed by atoms with Gasteiger partial charge in [0.15, 0.2) is 0 Å². The fraction of sp³-hybridized carbons (Fsp3) is 0.333. The van der Waals surface area contributed by atoms with Crippen LogP contribution in [0.15, 0.2) is 42.5 Å². The first-order valence-electron chi connectivity index (χ1n) is 9.08. The zero-order chi connectivity index (χ0) is 20.7. The molecule has 0 spiro atoms. The average Bonchev–Trinajstić information content (AvgIpc) is 2.67. The molecule has 7 heteroatoms. The molecule has 2 amide bonds. The second-order valence-corrected chi connectivity index (χ2v) is 7.31. The molecule has 1 N–H and O–H groups in total. The van der Waals surface area contributed by atoms with Crippen molar-refractivity contribution in [1.29, 1.82) is 0 Å². The molecule has 1 unspecified atom stereocenters. The van der Waals surface area contributed by atoms with Gasteiger partial charge in [-0.25, -0.2) is 4.39 Å². The molecule has 4 nitrogen and oxygen atoms in total. The van der Waals surface area contributed by atoms with Gasteiger partial charge in [0.2, 0.25) is 11.8 Å². The maximum Gasteiger partial charge on any atom is 0.242 e. The van der Waals surface area contributed by atoms with Crippen molar-refractivity contribution in [2.75, 3.05) is 6.54 Å². The average molecular weight is 425 g/mol. The minimum Gasteiger partial charge on any atom is -0.354 e. The SMILES string of the molecule is CCCNC(=O)C(C)N(Cc1ccc(F)cc1)C(=O)Cc1c(Cl)cccc1Cl. The van der Waals surface area contributed by atoms with E-state index < -0.39 is 6.04 Å². The zero-order valence-electron chi connectivity index (χ0n) is 15.8. The van der Waals surface area contributed by atoms with Crippen molar-refractivity contribution in [3.05, 3.63) is 69.5 Å². The van der Waals surface area contributed by atoms with Crippen molar-refractivity contribution >= 4 is 35.0 Å². The highest BCUT2D eigenvalue weighted by atomic mass is 35.5. The summed E-state index contributed by atoms with van der Waals surface area (Å²) in [5, 5.41) is 3.59. The Morgan fingerprint density at radius 1 is 1.11 bits per heavy atom. The van der Waals surface area contributed by atoms with Gasteiger partial charge >= 0.3 is 0 Å². The van der Waals surface area contributed by atoms with Gasteiger partial charge in [0.1, 0.15) is 11.9 Å². The van der Waals surface area contributed by atoms with E-state index in [0.29, 0.717) is 22.2 Å². The van der Waals surface area contributed by atoms with E-state index in [1.165, 1.54) is 17.0 Å². The van der Waals surface area contributed by atoms with E-state index in [0.717, 1.165) is 12.0 Å². The highest BCUT2D eigenvalue weighted by molar-refractivity contribution is 6.36. The number of carbonyl (C=O) groups is 2. The van der Waals surface area contributed by atoms with E-state index in [1.807, 2.05) is 6.92 Å². The number of halogens is 3. The molecule has 2 aromatic carbocycles. The van der Waals surface area contributed by atoms with Crippen molar-refractivity contribution in [3.8, 4) is 0 Å². The van der Waals surface area contributed by atoms with Crippen LogP contribution in [-0.4, -0.2) is 29.3 Å². The van der Waals surface area contributed by atoms with Crippen molar-refractivity contribution < 1.29 is 14.0 Å². The van der Waals surface area contributed by atoms with Crippen molar-refractivity contribution in [2.24, 2.45) is 0 Å². The Morgan fingerprint density at radius 2 is 1.71 bits per heavy atom. The number of carbonyl (C=O) groups excluding carboxylic acids is 2. The molecule has 2 aromatic rings. The molecular weight excluding hydrogens is 402 g/mol. The highest BCUT2D eigenvalue weighted by Crippen LogP contribution is 2.26. The number of nitrogens with one attached hydrogen (secondary N) is 1. The molecule has 0 bridgehead atoms. The molecule has 0 heterocycles. The summed E-state index contributed by atoms with van der Waals surface area (Å²) in [5.74, 6) is -0.903. The third-order valence-electron chi connectivity index (χ3n) is 4.37. The van der Waals surface area contributed by atoms with Gasteiger partial charge in [-0.2, -0.15) is 0 Å². The number of benzene rings is 2. The lowest BCUT2D eigenvalue weighted by molar-refractivity contribution is -0.140. The lowest BCUT2D eigenvalue weighted by Crippen LogP contribution is -2.48. The predicted molar refractivity (Wildman–Crippen MR) is 110 cm³/mol. The van der Waals surface area contributed by atoms with Crippen LogP contribution in [0.1, 0.15) is 31.4 Å². The standard InChI is InChI=1S/C21H23Cl2FN2O2/c1-3-11-25-21(28)14(2)26(13-15-7-9-16(24)10-8-15)20(27)12-17-18(22)5-4-6-19(17)23/h4-10,14H,3,11-13H2,1-2H3,(H,25,28). The first kappa shape index (κ1) is 22.2. The molecule has 28 heavy (non-hydrogen) atoms. The second-order valence-electron chi connectivity index (χ2n) is 6.49. The van der Waals surface area contributed by atoms with Crippen LogP contribution in [0, 0.1) is 5.82 Å². The summed E-state index contributed by atoms with van der Waals surface area (Å²) in [6.07, 6.45) is 0.755. The molecule has 0 aliphatic rings. The van der Waals surface area contributed by atoms with Gasteiger partial charge in [-0.1, -0.05) is 48.3 Å². The quantitative estimate of drug-likeness (QED) is 0.671. The Morgan fingerprint density at radius 3 is 2.29 bits per heavy atom. The van der Waals surface area contributed by atoms with Crippen molar-refractivity contribution in [2.45, 2.75) is 39.3 Å². The van der Waals surface area contributed by atoms with Crippen LogP contribution in [0.25, 0.3) is 0 Å². The molecule has 150 valence electrons. The molecule has 0 saturated heterocycles. The predicted octanol–water partition coefficient (Wildman–Crippen LogP) is 4.62. The van der Waals surface area contributed by atoms with Crippen LogP contribution in [0.3, 0.4) is 0 Å². The van der Waals surface area contributed by atoms with Gasteiger partial charge in [-0.15, -0.1) is 0 Å². The minimum absolute atomic E-state index is 0.0366. The van der Waals surface area contributed by atoms with E-state index in [-0.39, 0.29) is 30.6 Å². The number of hydrogen-bond acceptors (Lipinski definition) is 2. The first-order chi connectivity index (χ1) is 13.3. The molecular formula is C21H23Cl2FN2O2. The minimum atomic E-state index is -0.703. The Kier molecular flexibility index (Phi) is 8.27. The van der Waals surface area contributed by atoms with E-state index >= 15 is 0 Å². The molecule has 0 radical (unpaired) electrons. The van der Waals surface area contributed by atoms with E-state index in [9.17, 15) is 14.0 Å². The molecule has 0 aliphatic heterocycles. The van der Waals surface area contributed by atoms with Gasteiger partial charge in [-0.05, 0) is 48.7 Å². The Balaban J connectivity index is 2.26. The zero-order valence-corrected chi connectivity index (χ0v) is 17.4. The Bertz CT molecular complexity index is 807. The molecule has 0 fully saturated rings. The summed E-state index contributed by atoms with van der Waals surface area (Å²) in [7, 11) is 0.